The van der Waals surface area contributed by atoms with Gasteiger partial charge < -0.3 is 4.55 Å². The molecule has 0 aliphatic carbocycles. The summed E-state index contributed by atoms with van der Waals surface area (Å²) >= 11 is 0.359. The first-order chi connectivity index (χ1) is 5.27. The van der Waals surface area contributed by atoms with Crippen LogP contribution in [0.3, 0.4) is 0 Å². The lowest BCUT2D eigenvalue weighted by Gasteiger charge is -1.94. The first-order valence-corrected chi connectivity index (χ1v) is 5.28. The maximum Gasteiger partial charge on any atom is 0.321 e. The molecule has 1 atom stereocenters. The average molecular weight is 187 g/mol. The number of hydrogen-bond acceptors (Lipinski definition) is 4. The fraction of sp³-hybridized carbons (Fsp3) is 0.200. The van der Waals surface area contributed by atoms with Crippen LogP contribution < -0.4 is 0 Å². The molecule has 0 aliphatic heterocycles. The number of rotatable bonds is 1. The number of fused-ring (bicyclic) bond motifs is 1. The van der Waals surface area contributed by atoms with Gasteiger partial charge in [-0.15, -0.1) is 5.10 Å². The van der Waals surface area contributed by atoms with E-state index in [0.717, 1.165) is 4.96 Å². The fourth-order valence-corrected chi connectivity index (χ4v) is 2.22. The Hall–Kier alpha value is -0.590. The number of imidazole rings is 1. The summed E-state index contributed by atoms with van der Waals surface area (Å²) in [6.07, 6.45) is 5.02. The molecule has 0 fully saturated rings. The van der Waals surface area contributed by atoms with Gasteiger partial charge in [-0.1, -0.05) is 0 Å². The van der Waals surface area contributed by atoms with Crippen LogP contribution in [-0.2, 0) is 11.2 Å². The molecule has 6 heteroatoms. The summed E-state index contributed by atoms with van der Waals surface area (Å²) in [6.45, 7) is 0. The molecule has 1 unspecified atom stereocenters. The lowest BCUT2D eigenvalue weighted by atomic mass is 11.0. The van der Waals surface area contributed by atoms with E-state index in [2.05, 4.69) is 10.1 Å². The van der Waals surface area contributed by atoms with Crippen molar-refractivity contribution >= 4 is 27.5 Å². The van der Waals surface area contributed by atoms with Crippen molar-refractivity contribution in [3.63, 3.8) is 0 Å². The van der Waals surface area contributed by atoms with Gasteiger partial charge in [0.25, 0.3) is 0 Å². The second kappa shape index (κ2) is 2.47. The Morgan fingerprint density at radius 3 is 3.18 bits per heavy atom. The largest absolute Gasteiger partial charge is 0.610 e. The molecule has 0 amide bonds. The lowest BCUT2D eigenvalue weighted by Crippen LogP contribution is -1.96. The standard InChI is InChI=1S/C5H5N3OS2/c1-11(9)5-7-8-3-2-6-4(8)10-5/h2-3H,1H3. The molecule has 0 saturated carbocycles. The first-order valence-electron chi connectivity index (χ1n) is 2.91. The summed E-state index contributed by atoms with van der Waals surface area (Å²) in [4.78, 5) is 4.79. The molecule has 0 saturated heterocycles. The molecule has 2 rings (SSSR count). The van der Waals surface area contributed by atoms with Crippen molar-refractivity contribution in [1.29, 1.82) is 0 Å². The number of nitrogens with zero attached hydrogens (tertiary/aromatic N) is 3. The molecule has 58 valence electrons. The van der Waals surface area contributed by atoms with Crippen molar-refractivity contribution < 1.29 is 4.55 Å². The average Bonchev–Trinajstić information content (AvgIpc) is 2.40. The van der Waals surface area contributed by atoms with E-state index < -0.39 is 11.2 Å². The third-order valence-corrected chi connectivity index (χ3v) is 3.46. The molecule has 2 aromatic heterocycles. The third-order valence-electron chi connectivity index (χ3n) is 1.20. The molecule has 2 aromatic rings. The molecule has 0 aliphatic rings. The Balaban J connectivity index is 2.58. The SMILES string of the molecule is C[S+]([O-])c1nn2ccnc2s1. The quantitative estimate of drug-likeness (QED) is 0.612. The van der Waals surface area contributed by atoms with Crippen LogP contribution in [0.15, 0.2) is 16.7 Å². The molecular weight excluding hydrogens is 182 g/mol. The molecule has 0 spiro atoms. The topological polar surface area (TPSA) is 53.2 Å². The van der Waals surface area contributed by atoms with Crippen LogP contribution in [0.2, 0.25) is 0 Å². The van der Waals surface area contributed by atoms with Gasteiger partial charge in [-0.2, -0.15) is 0 Å². The van der Waals surface area contributed by atoms with E-state index in [9.17, 15) is 4.55 Å². The first kappa shape index (κ1) is 7.08. The van der Waals surface area contributed by atoms with Crippen LogP contribution >= 0.6 is 11.3 Å². The summed E-state index contributed by atoms with van der Waals surface area (Å²) in [7, 11) is 0. The van der Waals surface area contributed by atoms with Crippen LogP contribution in [-0.4, -0.2) is 25.4 Å². The van der Waals surface area contributed by atoms with Crippen molar-refractivity contribution in [3.8, 4) is 0 Å². The van der Waals surface area contributed by atoms with E-state index in [4.69, 9.17) is 0 Å². The Labute approximate surface area is 70.1 Å². The molecule has 0 radical (unpaired) electrons. The van der Waals surface area contributed by atoms with Crippen molar-refractivity contribution in [2.24, 2.45) is 0 Å². The predicted octanol–water partition coefficient (Wildman–Crippen LogP) is 0.528. The van der Waals surface area contributed by atoms with Crippen molar-refractivity contribution in [2.75, 3.05) is 6.26 Å². The second-order valence-corrected chi connectivity index (χ2v) is 4.49. The second-order valence-electron chi connectivity index (χ2n) is 1.98. The molecule has 0 bridgehead atoms. The molecular formula is C5H5N3OS2. The molecule has 11 heavy (non-hydrogen) atoms. The molecule has 2 heterocycles. The minimum Gasteiger partial charge on any atom is -0.610 e. The van der Waals surface area contributed by atoms with Gasteiger partial charge in [0.05, 0.1) is 6.20 Å². The van der Waals surface area contributed by atoms with Crippen LogP contribution in [0, 0.1) is 0 Å². The Kier molecular flexibility index (Phi) is 1.59. The van der Waals surface area contributed by atoms with Gasteiger partial charge in [-0.25, -0.2) is 9.50 Å². The highest BCUT2D eigenvalue weighted by atomic mass is 32.2. The van der Waals surface area contributed by atoms with Gasteiger partial charge in [0, 0.05) is 17.4 Å². The monoisotopic (exact) mass is 187 g/mol. The minimum absolute atomic E-state index is 0.619. The van der Waals surface area contributed by atoms with Crippen LogP contribution in [0.1, 0.15) is 0 Å². The number of aromatic nitrogens is 3. The van der Waals surface area contributed by atoms with Gasteiger partial charge in [-0.3, -0.25) is 0 Å². The van der Waals surface area contributed by atoms with Crippen LogP contribution in [0.4, 0.5) is 0 Å². The van der Waals surface area contributed by atoms with Gasteiger partial charge in [0.2, 0.25) is 4.96 Å². The zero-order chi connectivity index (χ0) is 7.84. The Morgan fingerprint density at radius 1 is 1.73 bits per heavy atom. The summed E-state index contributed by atoms with van der Waals surface area (Å²) in [5, 5.41) is 4.04. The Bertz CT molecular complexity index is 338. The predicted molar refractivity (Wildman–Crippen MR) is 43.2 cm³/mol. The van der Waals surface area contributed by atoms with Gasteiger partial charge >= 0.3 is 4.34 Å². The third kappa shape index (κ3) is 1.13. The minimum atomic E-state index is -0.993. The van der Waals surface area contributed by atoms with Crippen molar-refractivity contribution in [2.45, 2.75) is 4.34 Å². The molecule has 4 nitrogen and oxygen atoms in total. The summed E-state index contributed by atoms with van der Waals surface area (Å²) < 4.78 is 13.2. The van der Waals surface area contributed by atoms with Gasteiger partial charge in [0.15, 0.2) is 0 Å². The zero-order valence-electron chi connectivity index (χ0n) is 5.72. The van der Waals surface area contributed by atoms with Crippen molar-refractivity contribution in [3.05, 3.63) is 12.4 Å². The van der Waals surface area contributed by atoms with E-state index in [1.165, 1.54) is 11.3 Å². The summed E-state index contributed by atoms with van der Waals surface area (Å²) in [5.74, 6) is 0. The van der Waals surface area contributed by atoms with Crippen molar-refractivity contribution in [1.82, 2.24) is 14.6 Å². The maximum atomic E-state index is 10.9. The highest BCUT2D eigenvalue weighted by Crippen LogP contribution is 2.16. The normalized spacial score (nSPS) is 14.0. The highest BCUT2D eigenvalue weighted by molar-refractivity contribution is 7.92. The zero-order valence-corrected chi connectivity index (χ0v) is 7.35. The molecule has 0 N–H and O–H groups in total. The van der Waals surface area contributed by atoms with E-state index in [-0.39, 0.29) is 0 Å². The number of hydrogen-bond donors (Lipinski definition) is 0. The van der Waals surface area contributed by atoms with Gasteiger partial charge in [-0.05, 0) is 11.3 Å². The van der Waals surface area contributed by atoms with Gasteiger partial charge in [0.1, 0.15) is 6.26 Å². The summed E-state index contributed by atoms with van der Waals surface area (Å²) in [6, 6.07) is 0. The molecule has 0 aromatic carbocycles. The van der Waals surface area contributed by atoms with E-state index in [1.54, 1.807) is 23.2 Å². The van der Waals surface area contributed by atoms with E-state index in [1.807, 2.05) is 0 Å². The summed E-state index contributed by atoms with van der Waals surface area (Å²) in [5.41, 5.74) is 0. The van der Waals surface area contributed by atoms with E-state index >= 15 is 0 Å². The fourth-order valence-electron chi connectivity index (χ4n) is 0.735. The van der Waals surface area contributed by atoms with Crippen LogP contribution in [0.25, 0.3) is 4.96 Å². The highest BCUT2D eigenvalue weighted by Gasteiger charge is 2.11. The lowest BCUT2D eigenvalue weighted by molar-refractivity contribution is 0.598. The van der Waals surface area contributed by atoms with E-state index in [0.29, 0.717) is 4.34 Å². The smallest absolute Gasteiger partial charge is 0.321 e. The van der Waals surface area contributed by atoms with Crippen LogP contribution in [0.5, 0.6) is 0 Å². The maximum absolute atomic E-state index is 10.9. The Morgan fingerprint density at radius 2 is 2.55 bits per heavy atom.